The van der Waals surface area contributed by atoms with Crippen LogP contribution in [0.2, 0.25) is 0 Å². The van der Waals surface area contributed by atoms with Crippen LogP contribution in [0.1, 0.15) is 12.8 Å². The molecule has 0 amide bonds. The van der Waals surface area contributed by atoms with Crippen molar-refractivity contribution in [1.82, 2.24) is 0 Å². The number of aliphatic hydroxyl groups excluding tert-OH is 8. The minimum atomic E-state index is -3.72. The van der Waals surface area contributed by atoms with Gasteiger partial charge in [-0.25, -0.2) is 0 Å². The molecule has 9 atom stereocenters. The molecule has 1 saturated heterocycles. The fourth-order valence-electron chi connectivity index (χ4n) is 3.64. The van der Waals surface area contributed by atoms with Crippen molar-refractivity contribution >= 4 is 17.5 Å². The Kier molecular flexibility index (Phi) is 10.9. The van der Waals surface area contributed by atoms with Gasteiger partial charge in [-0.1, -0.05) is 0 Å². The summed E-state index contributed by atoms with van der Waals surface area (Å²) in [4.78, 5) is 30.2. The number of hydrogen-bond donors (Lipinski definition) is 12. The Labute approximate surface area is 193 Å². The average Bonchev–Trinajstić information content (AvgIpc) is 3.08. The normalized spacial score (nSPS) is 30.1. The summed E-state index contributed by atoms with van der Waals surface area (Å²) in [6.45, 7) is -3.55. The number of aliphatic imine (C=N–C) groups is 1. The Morgan fingerprint density at radius 3 is 2.15 bits per heavy atom. The molecule has 0 bridgehead atoms. The predicted octanol–water partition coefficient (Wildman–Crippen LogP) is -7.84. The summed E-state index contributed by atoms with van der Waals surface area (Å²) >= 11 is 0. The quantitative estimate of drug-likeness (QED) is 0.0457. The second-order valence-electron chi connectivity index (χ2n) is 8.02. The van der Waals surface area contributed by atoms with Gasteiger partial charge in [-0.05, 0) is 12.8 Å². The van der Waals surface area contributed by atoms with E-state index in [1.54, 1.807) is 0 Å². The van der Waals surface area contributed by atoms with Gasteiger partial charge in [0.1, 0.15) is 36.6 Å². The summed E-state index contributed by atoms with van der Waals surface area (Å²) in [5.74, 6) is -3.77. The molecule has 0 aliphatic carbocycles. The fraction of sp³-hybridized carbons (Fsp3) is 0.833. The molecule has 198 valence electrons. The number of guanidine groups is 1. The first-order chi connectivity index (χ1) is 15.8. The van der Waals surface area contributed by atoms with Gasteiger partial charge in [0, 0.05) is 6.54 Å². The molecule has 16 heteroatoms. The zero-order valence-corrected chi connectivity index (χ0v) is 18.2. The second-order valence-corrected chi connectivity index (χ2v) is 8.02. The lowest BCUT2D eigenvalue weighted by Gasteiger charge is -2.41. The van der Waals surface area contributed by atoms with Gasteiger partial charge < -0.3 is 67.9 Å². The standard InChI is InChI=1S/C18H34N4O12/c19-7(2-1-3-22-16(20)21)12(29)18(33,14(31)10(27)8(26)4-23)15(32)17(6-25)13(30)11(28)9(5-24)34-17/h7-11,13-14,23-28,30-31,33H,1-6,19H2,(H4,20,21,22)/t7-,8+,9+,10-,11+,13-,14-,17?,18+/m0/s1. The summed E-state index contributed by atoms with van der Waals surface area (Å²) in [7, 11) is 0. The summed E-state index contributed by atoms with van der Waals surface area (Å²) in [5.41, 5.74) is 9.46. The van der Waals surface area contributed by atoms with Crippen LogP contribution in [-0.2, 0) is 14.3 Å². The molecule has 1 heterocycles. The first-order valence-electron chi connectivity index (χ1n) is 10.3. The number of Topliss-reactive ketones (excluding diaryl/α,β-unsaturated/α-hetero) is 2. The van der Waals surface area contributed by atoms with E-state index in [-0.39, 0.29) is 25.3 Å². The summed E-state index contributed by atoms with van der Waals surface area (Å²) in [6, 6.07) is -1.70. The van der Waals surface area contributed by atoms with Gasteiger partial charge in [0.25, 0.3) is 0 Å². The molecule has 0 saturated carbocycles. The lowest BCUT2D eigenvalue weighted by atomic mass is 9.72. The van der Waals surface area contributed by atoms with Crippen LogP contribution >= 0.6 is 0 Å². The third kappa shape index (κ3) is 5.69. The van der Waals surface area contributed by atoms with E-state index in [1.165, 1.54) is 0 Å². The molecule has 16 nitrogen and oxygen atoms in total. The predicted molar refractivity (Wildman–Crippen MR) is 112 cm³/mol. The Bertz CT molecular complexity index is 738. The lowest BCUT2D eigenvalue weighted by Crippen LogP contribution is -2.72. The topological polar surface area (TPSA) is 316 Å². The number of hydrogen-bond acceptors (Lipinski definition) is 14. The molecule has 34 heavy (non-hydrogen) atoms. The molecule has 1 aliphatic heterocycles. The SMILES string of the molecule is NC(N)=NCCC[C@H](N)C(=O)[C@](O)(C(=O)C1(CO)O[C@H](CO)[C@@H](O)[C@@H]1O)[C@@H](O)[C@@H](O)[C@H](O)CO. The van der Waals surface area contributed by atoms with Gasteiger partial charge in [-0.15, -0.1) is 0 Å². The highest BCUT2D eigenvalue weighted by Crippen LogP contribution is 2.37. The number of carbonyl (C=O) groups is 2. The Hall–Kier alpha value is -1.83. The highest BCUT2D eigenvalue weighted by molar-refractivity contribution is 6.16. The number of nitrogens with two attached hydrogens (primary N) is 3. The Morgan fingerprint density at radius 2 is 1.71 bits per heavy atom. The highest BCUT2D eigenvalue weighted by atomic mass is 16.6. The van der Waals surface area contributed by atoms with E-state index in [4.69, 9.17) is 27.0 Å². The van der Waals surface area contributed by atoms with Gasteiger partial charge in [0.05, 0.1) is 25.9 Å². The van der Waals surface area contributed by atoms with E-state index in [9.17, 15) is 50.4 Å². The van der Waals surface area contributed by atoms with E-state index < -0.39 is 85.3 Å². The van der Waals surface area contributed by atoms with Crippen molar-refractivity contribution in [2.45, 2.75) is 66.7 Å². The number of aliphatic hydroxyl groups is 9. The van der Waals surface area contributed by atoms with Crippen LogP contribution in [0, 0.1) is 0 Å². The van der Waals surface area contributed by atoms with E-state index in [2.05, 4.69) is 4.99 Å². The van der Waals surface area contributed by atoms with Gasteiger partial charge in [-0.3, -0.25) is 14.6 Å². The molecule has 1 fully saturated rings. The van der Waals surface area contributed by atoms with Crippen LogP contribution in [0.5, 0.6) is 0 Å². The molecule has 0 aromatic heterocycles. The molecular formula is C18H34N4O12. The number of ketones is 2. The van der Waals surface area contributed by atoms with Crippen LogP contribution in [0.15, 0.2) is 4.99 Å². The van der Waals surface area contributed by atoms with Crippen molar-refractivity contribution in [3.8, 4) is 0 Å². The Morgan fingerprint density at radius 1 is 1.12 bits per heavy atom. The molecule has 1 rings (SSSR count). The third-order valence-corrected chi connectivity index (χ3v) is 5.70. The number of carbonyl (C=O) groups excluding carboxylic acids is 2. The molecule has 0 radical (unpaired) electrons. The lowest BCUT2D eigenvalue weighted by molar-refractivity contribution is -0.203. The van der Waals surface area contributed by atoms with Crippen molar-refractivity contribution in [3.63, 3.8) is 0 Å². The first kappa shape index (κ1) is 30.2. The van der Waals surface area contributed by atoms with Gasteiger partial charge in [0.15, 0.2) is 17.3 Å². The van der Waals surface area contributed by atoms with Crippen molar-refractivity contribution in [2.75, 3.05) is 26.4 Å². The fourth-order valence-corrected chi connectivity index (χ4v) is 3.64. The molecule has 0 aromatic rings. The average molecular weight is 498 g/mol. The van der Waals surface area contributed by atoms with Crippen molar-refractivity contribution in [3.05, 3.63) is 0 Å². The van der Waals surface area contributed by atoms with Gasteiger partial charge >= 0.3 is 0 Å². The van der Waals surface area contributed by atoms with E-state index in [0.29, 0.717) is 0 Å². The van der Waals surface area contributed by atoms with Crippen LogP contribution in [0.3, 0.4) is 0 Å². The maximum Gasteiger partial charge on any atom is 0.214 e. The minimum Gasteiger partial charge on any atom is -0.394 e. The van der Waals surface area contributed by atoms with Crippen LogP contribution < -0.4 is 17.2 Å². The van der Waals surface area contributed by atoms with E-state index >= 15 is 0 Å². The summed E-state index contributed by atoms with van der Waals surface area (Å²) < 4.78 is 5.10. The first-order valence-corrected chi connectivity index (χ1v) is 10.3. The molecule has 1 unspecified atom stereocenters. The van der Waals surface area contributed by atoms with Crippen molar-refractivity contribution in [1.29, 1.82) is 0 Å². The van der Waals surface area contributed by atoms with Crippen LogP contribution in [0.4, 0.5) is 0 Å². The van der Waals surface area contributed by atoms with Gasteiger partial charge in [-0.2, -0.15) is 0 Å². The minimum absolute atomic E-state index is 0.00311. The zero-order chi connectivity index (χ0) is 26.4. The molecule has 0 aromatic carbocycles. The van der Waals surface area contributed by atoms with Crippen LogP contribution in [-0.4, -0.2) is 144 Å². The molecule has 1 aliphatic rings. The maximum absolute atomic E-state index is 13.4. The summed E-state index contributed by atoms with van der Waals surface area (Å²) in [6.07, 6.45) is -13.6. The number of ether oxygens (including phenoxy) is 1. The smallest absolute Gasteiger partial charge is 0.214 e. The third-order valence-electron chi connectivity index (χ3n) is 5.70. The molecular weight excluding hydrogens is 464 g/mol. The van der Waals surface area contributed by atoms with E-state index in [0.717, 1.165) is 0 Å². The van der Waals surface area contributed by atoms with Crippen molar-refractivity contribution < 1.29 is 60.3 Å². The zero-order valence-electron chi connectivity index (χ0n) is 18.2. The molecule has 0 spiro atoms. The van der Waals surface area contributed by atoms with Gasteiger partial charge in [0.2, 0.25) is 11.4 Å². The summed E-state index contributed by atoms with van der Waals surface area (Å²) in [5, 5.41) is 90.2. The molecule has 15 N–H and O–H groups in total. The monoisotopic (exact) mass is 498 g/mol. The maximum atomic E-state index is 13.4. The Balaban J connectivity index is 3.45. The highest BCUT2D eigenvalue weighted by Gasteiger charge is 2.67. The number of rotatable bonds is 14. The second kappa shape index (κ2) is 12.2. The largest absolute Gasteiger partial charge is 0.394 e. The number of nitrogens with zero attached hydrogens (tertiary/aromatic N) is 1. The van der Waals surface area contributed by atoms with E-state index in [1.807, 2.05) is 0 Å². The van der Waals surface area contributed by atoms with Crippen molar-refractivity contribution in [2.24, 2.45) is 22.2 Å². The van der Waals surface area contributed by atoms with Crippen LogP contribution in [0.25, 0.3) is 0 Å².